The predicted octanol–water partition coefficient (Wildman–Crippen LogP) is 1.13. The summed E-state index contributed by atoms with van der Waals surface area (Å²) in [6.07, 6.45) is 0. The Kier molecular flexibility index (Phi) is 3.36. The molecule has 0 aliphatic heterocycles. The predicted molar refractivity (Wildman–Crippen MR) is 50.8 cm³/mol. The van der Waals surface area contributed by atoms with Gasteiger partial charge in [-0.2, -0.15) is 0 Å². The molecule has 0 saturated carbocycles. The van der Waals surface area contributed by atoms with Crippen LogP contribution in [0.5, 0.6) is 0 Å². The van der Waals surface area contributed by atoms with Crippen LogP contribution in [0.15, 0.2) is 9.64 Å². The number of aromatic nitrogens is 1. The molecule has 0 fully saturated rings. The molecule has 1 rings (SSSR count). The number of rotatable bonds is 3. The highest BCUT2D eigenvalue weighted by molar-refractivity contribution is 7.99. The van der Waals surface area contributed by atoms with Gasteiger partial charge in [-0.15, -0.1) is 0 Å². The molecule has 0 atom stereocenters. The number of carbonyl (C=O) groups excluding carboxylic acids is 1. The molecule has 1 aromatic rings. The quantitative estimate of drug-likeness (QED) is 0.743. The van der Waals surface area contributed by atoms with Gasteiger partial charge in [-0.3, -0.25) is 4.79 Å². The maximum absolute atomic E-state index is 10.9. The van der Waals surface area contributed by atoms with E-state index in [1.807, 2.05) is 13.8 Å². The Balaban J connectivity index is 2.50. The average Bonchev–Trinajstić information content (AvgIpc) is 2.42. The molecule has 1 heterocycles. The largest absolute Gasteiger partial charge is 0.437 e. The van der Waals surface area contributed by atoms with Gasteiger partial charge in [-0.25, -0.2) is 4.98 Å². The van der Waals surface area contributed by atoms with Gasteiger partial charge in [0.2, 0.25) is 5.91 Å². The Labute approximate surface area is 81.1 Å². The fourth-order valence-corrected chi connectivity index (χ4v) is 1.49. The minimum atomic E-state index is -0.0292. The van der Waals surface area contributed by atoms with Crippen LogP contribution in [-0.2, 0) is 4.79 Å². The first kappa shape index (κ1) is 10.1. The Hall–Kier alpha value is -0.970. The van der Waals surface area contributed by atoms with Crippen molar-refractivity contribution in [2.75, 3.05) is 12.8 Å². The number of hydrogen-bond acceptors (Lipinski definition) is 4. The topological polar surface area (TPSA) is 55.1 Å². The Bertz CT molecular complexity index is 290. The molecule has 0 radical (unpaired) electrons. The number of nitrogens with zero attached hydrogens (tertiary/aromatic N) is 1. The third-order valence-electron chi connectivity index (χ3n) is 1.61. The van der Waals surface area contributed by atoms with Crippen molar-refractivity contribution in [3.63, 3.8) is 0 Å². The van der Waals surface area contributed by atoms with Gasteiger partial charge in [0, 0.05) is 7.05 Å². The molecule has 0 spiro atoms. The van der Waals surface area contributed by atoms with E-state index in [2.05, 4.69) is 10.3 Å². The van der Waals surface area contributed by atoms with E-state index < -0.39 is 0 Å². The molecule has 5 heteroatoms. The molecule has 0 aliphatic rings. The van der Waals surface area contributed by atoms with E-state index in [9.17, 15) is 4.79 Å². The second-order valence-corrected chi connectivity index (χ2v) is 3.51. The van der Waals surface area contributed by atoms with E-state index in [0.29, 0.717) is 11.0 Å². The molecule has 0 aliphatic carbocycles. The van der Waals surface area contributed by atoms with Gasteiger partial charge in [-0.1, -0.05) is 11.8 Å². The van der Waals surface area contributed by atoms with Crippen molar-refractivity contribution in [3.8, 4) is 0 Å². The molecule has 72 valence electrons. The first-order valence-electron chi connectivity index (χ1n) is 3.91. The third-order valence-corrected chi connectivity index (χ3v) is 2.44. The van der Waals surface area contributed by atoms with Crippen LogP contribution in [0.2, 0.25) is 0 Å². The van der Waals surface area contributed by atoms with Crippen molar-refractivity contribution in [3.05, 3.63) is 11.5 Å². The van der Waals surface area contributed by atoms with Crippen molar-refractivity contribution >= 4 is 17.7 Å². The Morgan fingerprint density at radius 3 is 2.77 bits per heavy atom. The normalized spacial score (nSPS) is 10.1. The molecule has 0 aromatic carbocycles. The van der Waals surface area contributed by atoms with E-state index in [1.165, 1.54) is 11.8 Å². The van der Waals surface area contributed by atoms with Crippen LogP contribution in [0.4, 0.5) is 0 Å². The molecule has 1 aromatic heterocycles. The molecule has 13 heavy (non-hydrogen) atoms. The van der Waals surface area contributed by atoms with Crippen molar-refractivity contribution in [2.24, 2.45) is 0 Å². The third kappa shape index (κ3) is 2.77. The van der Waals surface area contributed by atoms with Crippen LogP contribution in [0.25, 0.3) is 0 Å². The first-order chi connectivity index (χ1) is 6.13. The van der Waals surface area contributed by atoms with E-state index in [4.69, 9.17) is 4.42 Å². The van der Waals surface area contributed by atoms with Crippen LogP contribution < -0.4 is 5.32 Å². The lowest BCUT2D eigenvalue weighted by molar-refractivity contribution is -0.118. The van der Waals surface area contributed by atoms with Crippen LogP contribution in [0.1, 0.15) is 11.5 Å². The molecule has 0 unspecified atom stereocenters. The molecular formula is C8H12N2O2S. The summed E-state index contributed by atoms with van der Waals surface area (Å²) in [7, 11) is 1.61. The van der Waals surface area contributed by atoms with Crippen LogP contribution >= 0.6 is 11.8 Å². The molecular weight excluding hydrogens is 188 g/mol. The van der Waals surface area contributed by atoms with Gasteiger partial charge >= 0.3 is 0 Å². The number of aryl methyl sites for hydroxylation is 2. The first-order valence-corrected chi connectivity index (χ1v) is 4.89. The summed E-state index contributed by atoms with van der Waals surface area (Å²) in [6, 6.07) is 0. The maximum Gasteiger partial charge on any atom is 0.256 e. The second kappa shape index (κ2) is 4.32. The Morgan fingerprint density at radius 1 is 1.62 bits per heavy atom. The number of carbonyl (C=O) groups is 1. The Morgan fingerprint density at radius 2 is 2.31 bits per heavy atom. The summed E-state index contributed by atoms with van der Waals surface area (Å²) < 4.78 is 5.28. The zero-order valence-electron chi connectivity index (χ0n) is 7.88. The van der Waals surface area contributed by atoms with Crippen molar-refractivity contribution in [2.45, 2.75) is 19.1 Å². The van der Waals surface area contributed by atoms with Crippen LogP contribution in [-0.4, -0.2) is 23.7 Å². The molecule has 4 nitrogen and oxygen atoms in total. The lowest BCUT2D eigenvalue weighted by Gasteiger charge is -1.94. The molecule has 0 saturated heterocycles. The zero-order chi connectivity index (χ0) is 9.84. The average molecular weight is 200 g/mol. The van der Waals surface area contributed by atoms with Crippen molar-refractivity contribution in [1.82, 2.24) is 10.3 Å². The zero-order valence-corrected chi connectivity index (χ0v) is 8.70. The van der Waals surface area contributed by atoms with Gasteiger partial charge in [0.25, 0.3) is 5.22 Å². The number of nitrogens with one attached hydrogen (secondary N) is 1. The smallest absolute Gasteiger partial charge is 0.256 e. The fraction of sp³-hybridized carbons (Fsp3) is 0.500. The van der Waals surface area contributed by atoms with Gasteiger partial charge in [0.05, 0.1) is 11.4 Å². The minimum absolute atomic E-state index is 0.0292. The number of hydrogen-bond donors (Lipinski definition) is 1. The summed E-state index contributed by atoms with van der Waals surface area (Å²) in [5.41, 5.74) is 0.874. The van der Waals surface area contributed by atoms with Gasteiger partial charge in [-0.05, 0) is 13.8 Å². The summed E-state index contributed by atoms with van der Waals surface area (Å²) in [5, 5.41) is 3.08. The number of amides is 1. The highest BCUT2D eigenvalue weighted by Crippen LogP contribution is 2.19. The van der Waals surface area contributed by atoms with E-state index in [0.717, 1.165) is 11.5 Å². The summed E-state index contributed by atoms with van der Waals surface area (Å²) >= 11 is 1.30. The standard InChI is InChI=1S/C8H12N2O2S/c1-5-6(2)12-8(10-5)13-4-7(11)9-3/h4H2,1-3H3,(H,9,11). The number of oxazole rings is 1. The van der Waals surface area contributed by atoms with E-state index >= 15 is 0 Å². The van der Waals surface area contributed by atoms with E-state index in [-0.39, 0.29) is 5.91 Å². The molecule has 1 amide bonds. The van der Waals surface area contributed by atoms with Gasteiger partial charge in [0.15, 0.2) is 0 Å². The SMILES string of the molecule is CNC(=O)CSc1nc(C)c(C)o1. The second-order valence-electron chi connectivity index (χ2n) is 2.58. The summed E-state index contributed by atoms with van der Waals surface area (Å²) in [6.45, 7) is 3.73. The van der Waals surface area contributed by atoms with Crippen LogP contribution in [0, 0.1) is 13.8 Å². The number of thioether (sulfide) groups is 1. The van der Waals surface area contributed by atoms with E-state index in [1.54, 1.807) is 7.05 Å². The van der Waals surface area contributed by atoms with Crippen molar-refractivity contribution in [1.29, 1.82) is 0 Å². The highest BCUT2D eigenvalue weighted by atomic mass is 32.2. The minimum Gasteiger partial charge on any atom is -0.437 e. The van der Waals surface area contributed by atoms with Crippen molar-refractivity contribution < 1.29 is 9.21 Å². The van der Waals surface area contributed by atoms with Crippen LogP contribution in [0.3, 0.4) is 0 Å². The van der Waals surface area contributed by atoms with Gasteiger partial charge in [0.1, 0.15) is 5.76 Å². The highest BCUT2D eigenvalue weighted by Gasteiger charge is 2.07. The molecule has 1 N–H and O–H groups in total. The lowest BCUT2D eigenvalue weighted by atomic mass is 10.4. The fourth-order valence-electron chi connectivity index (χ4n) is 0.704. The summed E-state index contributed by atoms with van der Waals surface area (Å²) in [4.78, 5) is 15.0. The lowest BCUT2D eigenvalue weighted by Crippen LogP contribution is -2.19. The summed E-state index contributed by atoms with van der Waals surface area (Å²) in [5.74, 6) is 1.12. The van der Waals surface area contributed by atoms with Gasteiger partial charge < -0.3 is 9.73 Å². The maximum atomic E-state index is 10.9. The molecule has 0 bridgehead atoms. The monoisotopic (exact) mass is 200 g/mol.